The van der Waals surface area contributed by atoms with Crippen molar-refractivity contribution in [3.05, 3.63) is 12.2 Å². The smallest absolute Gasteiger partial charge is 0.0233 e. The molecule has 0 N–H and O–H groups in total. The van der Waals surface area contributed by atoms with E-state index < -0.39 is 0 Å². The first-order valence-corrected chi connectivity index (χ1v) is 8.50. The lowest BCUT2D eigenvalue weighted by Crippen LogP contribution is -2.25. The monoisotopic (exact) mass is 248 g/mol. The molecule has 0 heterocycles. The van der Waals surface area contributed by atoms with Gasteiger partial charge in [-0.25, -0.2) is 0 Å². The molecule has 0 bridgehead atoms. The Kier molecular flexibility index (Phi) is 5.79. The maximum atomic E-state index is 2.49. The molecule has 0 atom stereocenters. The summed E-state index contributed by atoms with van der Waals surface area (Å²) in [6.07, 6.45) is 19.6. The minimum atomic E-state index is 0.910. The summed E-state index contributed by atoms with van der Waals surface area (Å²) in [6.45, 7) is 4.62. The second-order valence-electron chi connectivity index (χ2n) is 6.70. The average Bonchev–Trinajstić information content (AvgIpc) is 2.46. The zero-order chi connectivity index (χ0) is 12.8. The fourth-order valence-corrected chi connectivity index (χ4v) is 4.21. The molecule has 2 aliphatic carbocycles. The summed E-state index contributed by atoms with van der Waals surface area (Å²) in [4.78, 5) is 0. The largest absolute Gasteiger partial charge is 0.0885 e. The maximum Gasteiger partial charge on any atom is -0.0233 e. The van der Waals surface area contributed by atoms with Gasteiger partial charge in [0.1, 0.15) is 0 Å². The van der Waals surface area contributed by atoms with Crippen LogP contribution in [0.3, 0.4) is 0 Å². The van der Waals surface area contributed by atoms with Crippen LogP contribution >= 0.6 is 0 Å². The van der Waals surface area contributed by atoms with Gasteiger partial charge < -0.3 is 0 Å². The summed E-state index contributed by atoms with van der Waals surface area (Å²) in [5.41, 5.74) is 0. The first-order valence-electron chi connectivity index (χ1n) is 8.50. The Hall–Kier alpha value is -0.260. The van der Waals surface area contributed by atoms with E-state index in [0.29, 0.717) is 0 Å². The number of hydrogen-bond acceptors (Lipinski definition) is 0. The summed E-state index contributed by atoms with van der Waals surface area (Å²) in [6, 6.07) is 0. The molecule has 2 rings (SSSR count). The predicted molar refractivity (Wildman–Crippen MR) is 80.6 cm³/mol. The molecule has 2 saturated carbocycles. The third kappa shape index (κ3) is 3.87. The molecule has 0 aromatic carbocycles. The molecule has 0 amide bonds. The second kappa shape index (κ2) is 7.36. The van der Waals surface area contributed by atoms with Crippen molar-refractivity contribution in [3.8, 4) is 0 Å². The number of hydrogen-bond donors (Lipinski definition) is 0. The first kappa shape index (κ1) is 14.2. The lowest BCUT2D eigenvalue weighted by atomic mass is 9.69. The molecule has 0 nitrogen and oxygen atoms in total. The topological polar surface area (TPSA) is 0 Å². The van der Waals surface area contributed by atoms with Gasteiger partial charge in [-0.1, -0.05) is 45.3 Å². The van der Waals surface area contributed by atoms with E-state index in [1.165, 1.54) is 51.4 Å². The van der Waals surface area contributed by atoms with Crippen LogP contribution in [0.4, 0.5) is 0 Å². The summed E-state index contributed by atoms with van der Waals surface area (Å²) in [5.74, 6) is 4.14. The molecule has 104 valence electrons. The van der Waals surface area contributed by atoms with Crippen LogP contribution in [-0.2, 0) is 0 Å². The van der Waals surface area contributed by atoms with E-state index in [0.717, 1.165) is 23.7 Å². The number of allylic oxidation sites excluding steroid dienone is 2. The van der Waals surface area contributed by atoms with Crippen molar-refractivity contribution in [2.24, 2.45) is 23.7 Å². The van der Waals surface area contributed by atoms with E-state index in [2.05, 4.69) is 26.0 Å². The van der Waals surface area contributed by atoms with Crippen molar-refractivity contribution < 1.29 is 0 Å². The summed E-state index contributed by atoms with van der Waals surface area (Å²) >= 11 is 0. The maximum absolute atomic E-state index is 2.49. The normalized spacial score (nSPS) is 38.1. The van der Waals surface area contributed by atoms with Gasteiger partial charge in [-0.05, 0) is 68.6 Å². The van der Waals surface area contributed by atoms with Crippen LogP contribution < -0.4 is 0 Å². The van der Waals surface area contributed by atoms with Crippen LogP contribution in [0.5, 0.6) is 0 Å². The molecule has 0 unspecified atom stereocenters. The Balaban J connectivity index is 1.71. The summed E-state index contributed by atoms with van der Waals surface area (Å²) < 4.78 is 0. The summed E-state index contributed by atoms with van der Waals surface area (Å²) in [5, 5.41) is 0. The fraction of sp³-hybridized carbons (Fsp3) is 0.889. The molecule has 0 aromatic heterocycles. The van der Waals surface area contributed by atoms with Crippen LogP contribution in [0.1, 0.15) is 78.1 Å². The van der Waals surface area contributed by atoms with Crippen molar-refractivity contribution in [2.45, 2.75) is 78.1 Å². The van der Waals surface area contributed by atoms with E-state index in [1.54, 1.807) is 12.8 Å². The minimum absolute atomic E-state index is 0.910. The highest BCUT2D eigenvalue weighted by atomic mass is 14.3. The predicted octanol–water partition coefficient (Wildman–Crippen LogP) is 5.98. The average molecular weight is 248 g/mol. The van der Waals surface area contributed by atoms with E-state index in [9.17, 15) is 0 Å². The highest BCUT2D eigenvalue weighted by Crippen LogP contribution is 2.42. The van der Waals surface area contributed by atoms with Crippen LogP contribution in [0.15, 0.2) is 12.2 Å². The van der Waals surface area contributed by atoms with Gasteiger partial charge in [-0.3, -0.25) is 0 Å². The van der Waals surface area contributed by atoms with Crippen LogP contribution in [0.25, 0.3) is 0 Å². The van der Waals surface area contributed by atoms with Gasteiger partial charge in [0.25, 0.3) is 0 Å². The standard InChI is InChI=1S/C18H32/c1-3-5-6-16-9-13-18(14-10-16)17-11-7-15(4-2)8-12-17/h5-6,15-18H,3-4,7-14H2,1-2H3/b6-5+. The van der Waals surface area contributed by atoms with Crippen molar-refractivity contribution >= 4 is 0 Å². The van der Waals surface area contributed by atoms with Gasteiger partial charge in [0.05, 0.1) is 0 Å². The SMILES string of the molecule is CC/C=C/C1CCC(C2CCC(CC)CC2)CC1. The Morgan fingerprint density at radius 2 is 1.33 bits per heavy atom. The van der Waals surface area contributed by atoms with Gasteiger partial charge in [0.2, 0.25) is 0 Å². The van der Waals surface area contributed by atoms with Crippen molar-refractivity contribution in [1.82, 2.24) is 0 Å². The Labute approximate surface area is 114 Å². The molecule has 0 aliphatic heterocycles. The zero-order valence-corrected chi connectivity index (χ0v) is 12.5. The van der Waals surface area contributed by atoms with E-state index in [1.807, 2.05) is 0 Å². The molecule has 0 spiro atoms. The zero-order valence-electron chi connectivity index (χ0n) is 12.5. The molecule has 0 aromatic rings. The highest BCUT2D eigenvalue weighted by Gasteiger charge is 2.29. The lowest BCUT2D eigenvalue weighted by molar-refractivity contribution is 0.154. The van der Waals surface area contributed by atoms with Crippen LogP contribution in [0.2, 0.25) is 0 Å². The second-order valence-corrected chi connectivity index (χ2v) is 6.70. The molecule has 0 saturated heterocycles. The van der Waals surface area contributed by atoms with Gasteiger partial charge in [-0.2, -0.15) is 0 Å². The molecule has 0 radical (unpaired) electrons. The molecule has 2 aliphatic rings. The van der Waals surface area contributed by atoms with Gasteiger partial charge >= 0.3 is 0 Å². The third-order valence-corrected chi connectivity index (χ3v) is 5.60. The van der Waals surface area contributed by atoms with Gasteiger partial charge in [-0.15, -0.1) is 0 Å². The Bertz CT molecular complexity index is 237. The molecular formula is C18H32. The molecule has 2 fully saturated rings. The highest BCUT2D eigenvalue weighted by molar-refractivity contribution is 4.91. The Morgan fingerprint density at radius 3 is 1.83 bits per heavy atom. The minimum Gasteiger partial charge on any atom is -0.0885 e. The summed E-state index contributed by atoms with van der Waals surface area (Å²) in [7, 11) is 0. The third-order valence-electron chi connectivity index (χ3n) is 5.60. The van der Waals surface area contributed by atoms with Gasteiger partial charge in [0, 0.05) is 0 Å². The number of rotatable bonds is 4. The first-order chi connectivity index (χ1) is 8.83. The quantitative estimate of drug-likeness (QED) is 0.537. The lowest BCUT2D eigenvalue weighted by Gasteiger charge is -2.37. The van der Waals surface area contributed by atoms with Crippen molar-refractivity contribution in [3.63, 3.8) is 0 Å². The molecule has 18 heavy (non-hydrogen) atoms. The molecular weight excluding hydrogens is 216 g/mol. The van der Waals surface area contributed by atoms with Gasteiger partial charge in [0.15, 0.2) is 0 Å². The van der Waals surface area contributed by atoms with Crippen molar-refractivity contribution in [2.75, 3.05) is 0 Å². The van der Waals surface area contributed by atoms with E-state index in [-0.39, 0.29) is 0 Å². The van der Waals surface area contributed by atoms with E-state index in [4.69, 9.17) is 0 Å². The van der Waals surface area contributed by atoms with E-state index >= 15 is 0 Å². The Morgan fingerprint density at radius 1 is 0.778 bits per heavy atom. The van der Waals surface area contributed by atoms with Crippen LogP contribution in [0, 0.1) is 23.7 Å². The van der Waals surface area contributed by atoms with Crippen LogP contribution in [-0.4, -0.2) is 0 Å². The fourth-order valence-electron chi connectivity index (χ4n) is 4.21. The van der Waals surface area contributed by atoms with Crippen molar-refractivity contribution in [1.29, 1.82) is 0 Å². The molecule has 0 heteroatoms.